The fraction of sp³-hybridized carbons (Fsp3) is 0.583. The van der Waals surface area contributed by atoms with Crippen molar-refractivity contribution in [3.63, 3.8) is 0 Å². The summed E-state index contributed by atoms with van der Waals surface area (Å²) in [5, 5.41) is -0.331. The first-order chi connectivity index (χ1) is 14.8. The number of hydrogen-bond acceptors (Lipinski definition) is 3. The average Bonchev–Trinajstić information content (AvgIpc) is 3.18. The maximum atomic E-state index is 12.9. The van der Waals surface area contributed by atoms with Gasteiger partial charge in [0.2, 0.25) is 0 Å². The van der Waals surface area contributed by atoms with Gasteiger partial charge in [0.25, 0.3) is 0 Å². The summed E-state index contributed by atoms with van der Waals surface area (Å²) in [4.78, 5) is 8.26. The Morgan fingerprint density at radius 1 is 1.06 bits per heavy atom. The van der Waals surface area contributed by atoms with Crippen molar-refractivity contribution in [1.29, 1.82) is 0 Å². The molecule has 1 aliphatic carbocycles. The molecule has 1 atom stereocenters. The molecule has 0 radical (unpaired) electrons. The predicted octanol–water partition coefficient (Wildman–Crippen LogP) is 6.92. The second kappa shape index (κ2) is 9.07. The van der Waals surface area contributed by atoms with Crippen LogP contribution in [0.3, 0.4) is 0 Å². The number of aryl methyl sites for hydroxylation is 1. The summed E-state index contributed by atoms with van der Waals surface area (Å²) in [6.07, 6.45) is 8.77. The Morgan fingerprint density at radius 2 is 1.87 bits per heavy atom. The molecule has 2 aromatic heterocycles. The summed E-state index contributed by atoms with van der Waals surface area (Å²) in [5.74, 6) is 0. The number of unbranched alkanes of at least 4 members (excludes halogenated alkanes) is 1. The number of nitrogens with zero attached hydrogens (tertiary/aromatic N) is 2. The number of hydrogen-bond donors (Lipinski definition) is 0. The van der Waals surface area contributed by atoms with Gasteiger partial charge >= 0.3 is 6.18 Å². The highest BCUT2D eigenvalue weighted by molar-refractivity contribution is 6.31. The van der Waals surface area contributed by atoms with Gasteiger partial charge in [-0.1, -0.05) is 36.9 Å². The number of ether oxygens (including phenoxy) is 1. The topological polar surface area (TPSA) is 35.0 Å². The smallest absolute Gasteiger partial charge is 0.375 e. The molecule has 168 valence electrons. The van der Waals surface area contributed by atoms with E-state index in [-0.39, 0.29) is 16.0 Å². The highest BCUT2D eigenvalue weighted by Gasteiger charge is 2.48. The van der Waals surface area contributed by atoms with E-state index >= 15 is 0 Å². The molecule has 0 N–H and O–H groups in total. The lowest BCUT2D eigenvalue weighted by molar-refractivity contribution is -0.141. The van der Waals surface area contributed by atoms with Crippen LogP contribution in [0.15, 0.2) is 36.7 Å². The summed E-state index contributed by atoms with van der Waals surface area (Å²) >= 11 is 5.82. The molecule has 3 heterocycles. The van der Waals surface area contributed by atoms with Gasteiger partial charge in [-0.25, -0.2) is 0 Å². The molecule has 0 bridgehead atoms. The number of pyridine rings is 2. The van der Waals surface area contributed by atoms with E-state index in [9.17, 15) is 13.2 Å². The SMILES string of the molecule is FC(F)(F)c1ncc(CCCC[C@@]2(c3ccccn3)CCOC3(CCCC3)C2)cc1Cl. The van der Waals surface area contributed by atoms with Crippen molar-refractivity contribution in [2.75, 3.05) is 6.61 Å². The molecule has 0 unspecified atom stereocenters. The van der Waals surface area contributed by atoms with Crippen molar-refractivity contribution in [3.05, 3.63) is 58.6 Å². The Kier molecular flexibility index (Phi) is 6.59. The van der Waals surface area contributed by atoms with E-state index in [0.29, 0.717) is 6.42 Å². The van der Waals surface area contributed by atoms with Gasteiger partial charge in [-0.3, -0.25) is 9.97 Å². The molecule has 0 amide bonds. The highest BCUT2D eigenvalue weighted by Crippen LogP contribution is 2.50. The molecule has 0 aromatic carbocycles. The quantitative estimate of drug-likeness (QED) is 0.446. The standard InChI is InChI=1S/C24H28ClF3N2O/c25-19-15-18(16-30-21(19)24(26,27)28)7-1-3-9-22(20-8-2-6-13-29-20)12-14-31-23(17-22)10-4-5-11-23/h2,6,8,13,15-16H,1,3-5,7,9-12,14,17H2/t22-/m1/s1. The third kappa shape index (κ3) is 5.06. The van der Waals surface area contributed by atoms with Crippen molar-refractivity contribution in [3.8, 4) is 0 Å². The van der Waals surface area contributed by atoms with Crippen LogP contribution in [-0.4, -0.2) is 22.2 Å². The van der Waals surface area contributed by atoms with E-state index in [2.05, 4.69) is 17.1 Å². The molecular formula is C24H28ClF3N2O. The maximum absolute atomic E-state index is 12.9. The Labute approximate surface area is 186 Å². The summed E-state index contributed by atoms with van der Waals surface area (Å²) in [6.45, 7) is 0.759. The van der Waals surface area contributed by atoms with E-state index in [1.165, 1.54) is 25.1 Å². The fourth-order valence-electron chi connectivity index (χ4n) is 5.41. The third-order valence-corrected chi connectivity index (χ3v) is 7.20. The maximum Gasteiger partial charge on any atom is 0.434 e. The predicted molar refractivity (Wildman–Crippen MR) is 114 cm³/mol. The molecule has 1 saturated carbocycles. The minimum atomic E-state index is -4.52. The Bertz CT molecular complexity index is 884. The minimum absolute atomic E-state index is 0.000112. The first-order valence-electron chi connectivity index (χ1n) is 11.1. The zero-order chi connectivity index (χ0) is 22.0. The van der Waals surface area contributed by atoms with Crippen molar-refractivity contribution in [2.24, 2.45) is 0 Å². The summed E-state index contributed by atoms with van der Waals surface area (Å²) < 4.78 is 44.9. The zero-order valence-corrected chi connectivity index (χ0v) is 18.3. The molecule has 4 rings (SSSR count). The van der Waals surface area contributed by atoms with Gasteiger partial charge < -0.3 is 4.74 Å². The highest BCUT2D eigenvalue weighted by atomic mass is 35.5. The minimum Gasteiger partial charge on any atom is -0.375 e. The fourth-order valence-corrected chi connectivity index (χ4v) is 5.71. The normalized spacial score (nSPS) is 23.4. The van der Waals surface area contributed by atoms with Gasteiger partial charge in [0.1, 0.15) is 0 Å². The average molecular weight is 453 g/mol. The van der Waals surface area contributed by atoms with Crippen molar-refractivity contribution in [1.82, 2.24) is 9.97 Å². The molecule has 1 saturated heterocycles. The molecule has 1 aliphatic heterocycles. The van der Waals surface area contributed by atoms with Gasteiger partial charge in [0.15, 0.2) is 5.69 Å². The first kappa shape index (κ1) is 22.5. The molecular weight excluding hydrogens is 425 g/mol. The van der Waals surface area contributed by atoms with Gasteiger partial charge in [-0.05, 0) is 68.7 Å². The summed E-state index contributed by atoms with van der Waals surface area (Å²) in [7, 11) is 0. The van der Waals surface area contributed by atoms with Crippen LogP contribution in [0, 0.1) is 0 Å². The lowest BCUT2D eigenvalue weighted by atomic mass is 9.67. The zero-order valence-electron chi connectivity index (χ0n) is 17.6. The van der Waals surface area contributed by atoms with Gasteiger partial charge in [-0.2, -0.15) is 13.2 Å². The third-order valence-electron chi connectivity index (χ3n) is 6.91. The molecule has 2 aromatic rings. The molecule has 7 heteroatoms. The van der Waals surface area contributed by atoms with Crippen LogP contribution in [-0.2, 0) is 22.7 Å². The Morgan fingerprint density at radius 3 is 2.55 bits per heavy atom. The molecule has 1 spiro atoms. The van der Waals surface area contributed by atoms with Crippen LogP contribution in [0.5, 0.6) is 0 Å². The van der Waals surface area contributed by atoms with Gasteiger partial charge in [-0.15, -0.1) is 0 Å². The molecule has 2 aliphatic rings. The number of alkyl halides is 3. The van der Waals surface area contributed by atoms with E-state index < -0.39 is 11.9 Å². The van der Waals surface area contributed by atoms with Crippen LogP contribution in [0.4, 0.5) is 13.2 Å². The van der Waals surface area contributed by atoms with Crippen molar-refractivity contribution < 1.29 is 17.9 Å². The molecule has 3 nitrogen and oxygen atoms in total. The number of rotatable bonds is 6. The van der Waals surface area contributed by atoms with Crippen LogP contribution < -0.4 is 0 Å². The van der Waals surface area contributed by atoms with E-state index in [1.54, 1.807) is 0 Å². The van der Waals surface area contributed by atoms with E-state index in [4.69, 9.17) is 21.3 Å². The van der Waals surface area contributed by atoms with E-state index in [1.807, 2.05) is 12.3 Å². The Hall–Kier alpha value is -1.66. The first-order valence-corrected chi connectivity index (χ1v) is 11.5. The summed E-state index contributed by atoms with van der Waals surface area (Å²) in [5.41, 5.74) is 0.851. The van der Waals surface area contributed by atoms with Gasteiger partial charge in [0.05, 0.1) is 10.6 Å². The lowest BCUT2D eigenvalue weighted by Crippen LogP contribution is -2.46. The molecule has 2 fully saturated rings. The number of aromatic nitrogens is 2. The Balaban J connectivity index is 1.42. The van der Waals surface area contributed by atoms with Crippen LogP contribution in [0.2, 0.25) is 5.02 Å². The van der Waals surface area contributed by atoms with Gasteiger partial charge in [0, 0.05) is 30.1 Å². The van der Waals surface area contributed by atoms with Crippen molar-refractivity contribution >= 4 is 11.6 Å². The number of halogens is 4. The largest absolute Gasteiger partial charge is 0.434 e. The monoisotopic (exact) mass is 452 g/mol. The molecule has 31 heavy (non-hydrogen) atoms. The van der Waals surface area contributed by atoms with Crippen LogP contribution in [0.25, 0.3) is 0 Å². The van der Waals surface area contributed by atoms with Crippen LogP contribution >= 0.6 is 11.6 Å². The van der Waals surface area contributed by atoms with Crippen LogP contribution in [0.1, 0.15) is 74.7 Å². The second-order valence-electron chi connectivity index (χ2n) is 9.04. The lowest BCUT2D eigenvalue weighted by Gasteiger charge is -2.46. The second-order valence-corrected chi connectivity index (χ2v) is 9.45. The summed E-state index contributed by atoms with van der Waals surface area (Å²) in [6, 6.07) is 7.53. The van der Waals surface area contributed by atoms with E-state index in [0.717, 1.165) is 62.8 Å². The van der Waals surface area contributed by atoms with Crippen molar-refractivity contribution in [2.45, 2.75) is 81.4 Å².